The van der Waals surface area contributed by atoms with Crippen LogP contribution in [-0.4, -0.2) is 12.7 Å². The van der Waals surface area contributed by atoms with Gasteiger partial charge < -0.3 is 5.32 Å². The van der Waals surface area contributed by atoms with Crippen molar-refractivity contribution in [2.45, 2.75) is 32.9 Å². The Labute approximate surface area is 96.7 Å². The molecule has 1 aromatic carbocycles. The number of alkyl halides is 1. The van der Waals surface area contributed by atoms with Crippen LogP contribution in [0, 0.1) is 0 Å². The summed E-state index contributed by atoms with van der Waals surface area (Å²) in [5.41, 5.74) is 1.27. The summed E-state index contributed by atoms with van der Waals surface area (Å²) in [6.07, 6.45) is 1.00. The van der Waals surface area contributed by atoms with E-state index in [0.717, 1.165) is 10.4 Å². The zero-order chi connectivity index (χ0) is 12.1. The second kappa shape index (κ2) is 5.69. The van der Waals surface area contributed by atoms with Crippen molar-refractivity contribution >= 4 is 12.8 Å². The fraction of sp³-hybridized carbons (Fsp3) is 0.429. The van der Waals surface area contributed by atoms with E-state index in [4.69, 9.17) is 0 Å². The van der Waals surface area contributed by atoms with Gasteiger partial charge in [0, 0.05) is 12.7 Å². The number of rotatable bonds is 4. The maximum atomic E-state index is 12.6. The van der Waals surface area contributed by atoms with Crippen molar-refractivity contribution in [1.82, 2.24) is 5.32 Å². The molecular weight excluding hydrogens is 201 g/mol. The first-order valence-electron chi connectivity index (χ1n) is 5.67. The smallest absolute Gasteiger partial charge is 0.114 e. The number of hydrogen-bond acceptors (Lipinski definition) is 1. The molecule has 0 saturated heterocycles. The monoisotopic (exact) mass is 221 g/mol. The molecule has 0 saturated carbocycles. The molecule has 0 fully saturated rings. The van der Waals surface area contributed by atoms with Crippen LogP contribution >= 0.6 is 0 Å². The number of nitrogens with one attached hydrogen (secondary N) is 1. The Morgan fingerprint density at radius 1 is 1.38 bits per heavy atom. The first-order chi connectivity index (χ1) is 7.50. The Hall–Kier alpha value is -1.31. The van der Waals surface area contributed by atoms with Gasteiger partial charge in [-0.1, -0.05) is 32.6 Å². The lowest BCUT2D eigenvalue weighted by molar-refractivity contribution is 0.359. The van der Waals surface area contributed by atoms with Gasteiger partial charge in [0.15, 0.2) is 0 Å². The minimum Gasteiger partial charge on any atom is -0.387 e. The normalized spacial score (nSPS) is 14.2. The Balaban J connectivity index is 2.94. The van der Waals surface area contributed by atoms with E-state index in [1.165, 1.54) is 12.5 Å². The van der Waals surface area contributed by atoms with Crippen molar-refractivity contribution in [3.63, 3.8) is 0 Å². The lowest BCUT2D eigenvalue weighted by Gasteiger charge is -2.05. The number of halogens is 1. The molecule has 1 rings (SSSR count). The lowest BCUT2D eigenvalue weighted by atomic mass is 10.0. The van der Waals surface area contributed by atoms with Crippen LogP contribution in [0.4, 0.5) is 4.39 Å². The van der Waals surface area contributed by atoms with E-state index in [-0.39, 0.29) is 0 Å². The Morgan fingerprint density at radius 2 is 2.06 bits per heavy atom. The average Bonchev–Trinajstić information content (AvgIpc) is 2.20. The molecule has 1 N–H and O–H groups in total. The second-order valence-corrected chi connectivity index (χ2v) is 4.45. The standard InChI is InChI=1S/C14H20FN/c1-10(2)13-6-5-11(3)14(7-13)9-16-8-12(4)15/h5-7,9-10,12,16H,3,8H2,1-2,4H3/b14-9-. The quantitative estimate of drug-likeness (QED) is 0.819. The molecule has 88 valence electrons. The Bertz CT molecular complexity index is 435. The van der Waals surface area contributed by atoms with E-state index < -0.39 is 6.17 Å². The minimum atomic E-state index is -0.835. The van der Waals surface area contributed by atoms with Gasteiger partial charge in [-0.05, 0) is 34.9 Å². The summed E-state index contributed by atoms with van der Waals surface area (Å²) in [6.45, 7) is 10.1. The van der Waals surface area contributed by atoms with Crippen molar-refractivity contribution in [3.05, 3.63) is 34.2 Å². The van der Waals surface area contributed by atoms with Gasteiger partial charge >= 0.3 is 0 Å². The van der Waals surface area contributed by atoms with Crippen molar-refractivity contribution in [2.24, 2.45) is 0 Å². The lowest BCUT2D eigenvalue weighted by Crippen LogP contribution is -2.28. The van der Waals surface area contributed by atoms with Crippen LogP contribution in [0.1, 0.15) is 32.3 Å². The molecule has 1 atom stereocenters. The highest BCUT2D eigenvalue weighted by Crippen LogP contribution is 2.09. The first-order valence-corrected chi connectivity index (χ1v) is 5.67. The predicted molar refractivity (Wildman–Crippen MR) is 68.3 cm³/mol. The van der Waals surface area contributed by atoms with E-state index in [1.54, 1.807) is 0 Å². The van der Waals surface area contributed by atoms with Gasteiger partial charge in [0.2, 0.25) is 0 Å². The van der Waals surface area contributed by atoms with E-state index in [2.05, 4.69) is 37.9 Å². The molecule has 16 heavy (non-hydrogen) atoms. The Morgan fingerprint density at radius 3 is 2.62 bits per heavy atom. The van der Waals surface area contributed by atoms with Crippen molar-refractivity contribution in [1.29, 1.82) is 0 Å². The van der Waals surface area contributed by atoms with Gasteiger partial charge in [-0.2, -0.15) is 0 Å². The third-order valence-electron chi connectivity index (χ3n) is 2.49. The van der Waals surface area contributed by atoms with Crippen LogP contribution < -0.4 is 15.8 Å². The molecule has 2 heteroatoms. The number of hydrogen-bond donors (Lipinski definition) is 1. The highest BCUT2D eigenvalue weighted by molar-refractivity contribution is 5.30. The SMILES string of the molecule is C=c1ccc(C(C)C)c/c1=C/NCC(C)F. The molecule has 1 aromatic rings. The van der Waals surface area contributed by atoms with Gasteiger partial charge in [0.25, 0.3) is 0 Å². The first kappa shape index (κ1) is 12.8. The summed E-state index contributed by atoms with van der Waals surface area (Å²) in [5.74, 6) is 0.493. The van der Waals surface area contributed by atoms with Crippen LogP contribution in [0.25, 0.3) is 12.8 Å². The van der Waals surface area contributed by atoms with Gasteiger partial charge in [0.05, 0.1) is 0 Å². The molecule has 0 heterocycles. The Kier molecular flexibility index (Phi) is 4.53. The minimum absolute atomic E-state index is 0.339. The van der Waals surface area contributed by atoms with Gasteiger partial charge in [-0.15, -0.1) is 0 Å². The summed E-state index contributed by atoms with van der Waals surface area (Å²) in [7, 11) is 0. The van der Waals surface area contributed by atoms with E-state index in [1.807, 2.05) is 12.3 Å². The zero-order valence-electron chi connectivity index (χ0n) is 10.3. The molecule has 0 amide bonds. The molecule has 0 spiro atoms. The molecule has 0 bridgehead atoms. The maximum absolute atomic E-state index is 12.6. The van der Waals surface area contributed by atoms with E-state index in [9.17, 15) is 4.39 Å². The summed E-state index contributed by atoms with van der Waals surface area (Å²) in [6, 6.07) is 6.19. The van der Waals surface area contributed by atoms with Crippen LogP contribution in [0.2, 0.25) is 0 Å². The van der Waals surface area contributed by atoms with Crippen molar-refractivity contribution in [2.75, 3.05) is 6.54 Å². The van der Waals surface area contributed by atoms with E-state index >= 15 is 0 Å². The molecule has 0 aliphatic heterocycles. The van der Waals surface area contributed by atoms with Crippen LogP contribution in [0.5, 0.6) is 0 Å². The molecule has 1 nitrogen and oxygen atoms in total. The second-order valence-electron chi connectivity index (χ2n) is 4.45. The van der Waals surface area contributed by atoms with Crippen LogP contribution in [-0.2, 0) is 0 Å². The molecule has 1 unspecified atom stereocenters. The third-order valence-corrected chi connectivity index (χ3v) is 2.49. The predicted octanol–water partition coefficient (Wildman–Crippen LogP) is 1.91. The van der Waals surface area contributed by atoms with Gasteiger partial charge in [-0.25, -0.2) is 4.39 Å². The highest BCUT2D eigenvalue weighted by atomic mass is 19.1. The largest absolute Gasteiger partial charge is 0.387 e. The third kappa shape index (κ3) is 3.69. The van der Waals surface area contributed by atoms with Crippen LogP contribution in [0.15, 0.2) is 18.2 Å². The zero-order valence-corrected chi connectivity index (χ0v) is 10.3. The summed E-state index contributed by atoms with van der Waals surface area (Å²) in [4.78, 5) is 0. The molecular formula is C14H20FN. The fourth-order valence-electron chi connectivity index (χ4n) is 1.44. The maximum Gasteiger partial charge on any atom is 0.114 e. The average molecular weight is 221 g/mol. The summed E-state index contributed by atoms with van der Waals surface area (Å²) in [5, 5.41) is 4.96. The molecule has 0 aliphatic carbocycles. The van der Waals surface area contributed by atoms with Crippen molar-refractivity contribution < 1.29 is 4.39 Å². The fourth-order valence-corrected chi connectivity index (χ4v) is 1.44. The molecule has 0 aromatic heterocycles. The highest BCUT2D eigenvalue weighted by Gasteiger charge is 1.98. The van der Waals surface area contributed by atoms with Crippen molar-refractivity contribution in [3.8, 4) is 0 Å². The van der Waals surface area contributed by atoms with Crippen LogP contribution in [0.3, 0.4) is 0 Å². The molecule has 0 radical (unpaired) electrons. The van der Waals surface area contributed by atoms with Gasteiger partial charge in [-0.3, -0.25) is 0 Å². The molecule has 0 aliphatic rings. The van der Waals surface area contributed by atoms with E-state index in [0.29, 0.717) is 12.5 Å². The summed E-state index contributed by atoms with van der Waals surface area (Å²) < 4.78 is 12.6. The topological polar surface area (TPSA) is 12.0 Å². The summed E-state index contributed by atoms with van der Waals surface area (Å²) >= 11 is 0. The van der Waals surface area contributed by atoms with Gasteiger partial charge in [0.1, 0.15) is 6.17 Å². The number of benzene rings is 1.